The van der Waals surface area contributed by atoms with E-state index in [9.17, 15) is 4.79 Å². The van der Waals surface area contributed by atoms with E-state index in [0.29, 0.717) is 0 Å². The Hall–Kier alpha value is -1.09. The molecule has 1 atom stereocenters. The van der Waals surface area contributed by atoms with E-state index in [2.05, 4.69) is 6.58 Å². The van der Waals surface area contributed by atoms with Crippen molar-refractivity contribution in [2.24, 2.45) is 0 Å². The van der Waals surface area contributed by atoms with E-state index >= 15 is 0 Å². The van der Waals surface area contributed by atoms with Crippen LogP contribution in [-0.2, 0) is 4.79 Å². The molecule has 0 rings (SSSR count). The number of hydrogen-bond acceptors (Lipinski definition) is 2. The van der Waals surface area contributed by atoms with Crippen LogP contribution in [0.4, 0.5) is 0 Å². The van der Waals surface area contributed by atoms with E-state index in [1.165, 1.54) is 6.08 Å². The van der Waals surface area contributed by atoms with Gasteiger partial charge in [-0.05, 0) is 6.08 Å². The van der Waals surface area contributed by atoms with Gasteiger partial charge < -0.3 is 10.2 Å². The Morgan fingerprint density at radius 2 is 2.22 bits per heavy atom. The molecule has 3 nitrogen and oxygen atoms in total. The summed E-state index contributed by atoms with van der Waals surface area (Å²) in [5.41, 5.74) is 0. The number of hydrogen-bond donors (Lipinski definition) is 2. The van der Waals surface area contributed by atoms with Crippen LogP contribution >= 0.6 is 0 Å². The SMILES string of the molecule is C=CC(O)C=CC(=O)O. The third kappa shape index (κ3) is 4.77. The first-order valence-electron chi connectivity index (χ1n) is 2.38. The minimum absolute atomic E-state index is 0.860. The molecular weight excluding hydrogens is 120 g/mol. The van der Waals surface area contributed by atoms with Gasteiger partial charge in [0.1, 0.15) is 0 Å². The molecule has 1 unspecified atom stereocenters. The fourth-order valence-corrected chi connectivity index (χ4v) is 0.259. The molecule has 0 saturated heterocycles. The smallest absolute Gasteiger partial charge is 0.328 e. The van der Waals surface area contributed by atoms with Gasteiger partial charge in [0.2, 0.25) is 0 Å². The van der Waals surface area contributed by atoms with Gasteiger partial charge >= 0.3 is 5.97 Å². The van der Waals surface area contributed by atoms with Crippen molar-refractivity contribution in [2.75, 3.05) is 0 Å². The molecular formula is C6H8O3. The molecule has 0 heterocycles. The molecule has 0 amide bonds. The van der Waals surface area contributed by atoms with E-state index in [1.807, 2.05) is 0 Å². The van der Waals surface area contributed by atoms with Gasteiger partial charge in [0.25, 0.3) is 0 Å². The predicted molar refractivity (Wildman–Crippen MR) is 33.0 cm³/mol. The Morgan fingerprint density at radius 1 is 1.67 bits per heavy atom. The molecule has 0 spiro atoms. The zero-order chi connectivity index (χ0) is 7.28. The van der Waals surface area contributed by atoms with E-state index in [-0.39, 0.29) is 0 Å². The highest BCUT2D eigenvalue weighted by Gasteiger charge is 1.90. The van der Waals surface area contributed by atoms with Crippen LogP contribution in [-0.4, -0.2) is 22.3 Å². The van der Waals surface area contributed by atoms with Crippen molar-refractivity contribution in [3.63, 3.8) is 0 Å². The predicted octanol–water partition coefficient (Wildman–Crippen LogP) is 0.174. The number of carboxylic acids is 1. The summed E-state index contributed by atoms with van der Waals surface area (Å²) in [6.07, 6.45) is 2.38. The number of aliphatic hydroxyl groups excluding tert-OH is 1. The fourth-order valence-electron chi connectivity index (χ4n) is 0.259. The van der Waals surface area contributed by atoms with Crippen molar-refractivity contribution >= 4 is 5.97 Å². The summed E-state index contributed by atoms with van der Waals surface area (Å²) in [5.74, 6) is -1.07. The maximum atomic E-state index is 9.79. The Morgan fingerprint density at radius 3 is 2.56 bits per heavy atom. The molecule has 0 aromatic heterocycles. The number of aliphatic carboxylic acids is 1. The lowest BCUT2D eigenvalue weighted by Gasteiger charge is -1.91. The average Bonchev–Trinajstić information content (AvgIpc) is 1.83. The van der Waals surface area contributed by atoms with Crippen molar-refractivity contribution in [1.29, 1.82) is 0 Å². The first-order chi connectivity index (χ1) is 4.16. The van der Waals surface area contributed by atoms with E-state index in [0.717, 1.165) is 12.2 Å². The summed E-state index contributed by atoms with van der Waals surface area (Å²) in [6.45, 7) is 3.24. The molecule has 0 bridgehead atoms. The normalized spacial score (nSPS) is 13.4. The monoisotopic (exact) mass is 128 g/mol. The van der Waals surface area contributed by atoms with Gasteiger partial charge in [0.15, 0.2) is 0 Å². The van der Waals surface area contributed by atoms with Crippen LogP contribution in [0.1, 0.15) is 0 Å². The fraction of sp³-hybridized carbons (Fsp3) is 0.167. The third-order valence-corrected chi connectivity index (χ3v) is 0.677. The zero-order valence-corrected chi connectivity index (χ0v) is 4.82. The van der Waals surface area contributed by atoms with Crippen LogP contribution in [0.5, 0.6) is 0 Å². The van der Waals surface area contributed by atoms with Crippen LogP contribution in [0.2, 0.25) is 0 Å². The number of carbonyl (C=O) groups is 1. The van der Waals surface area contributed by atoms with Gasteiger partial charge in [-0.2, -0.15) is 0 Å². The quantitative estimate of drug-likeness (QED) is 0.421. The van der Waals surface area contributed by atoms with Crippen molar-refractivity contribution in [2.45, 2.75) is 6.10 Å². The second kappa shape index (κ2) is 3.86. The Labute approximate surface area is 52.9 Å². The largest absolute Gasteiger partial charge is 0.478 e. The van der Waals surface area contributed by atoms with E-state index < -0.39 is 12.1 Å². The van der Waals surface area contributed by atoms with Crippen molar-refractivity contribution < 1.29 is 15.0 Å². The van der Waals surface area contributed by atoms with Crippen LogP contribution in [0.3, 0.4) is 0 Å². The Bertz CT molecular complexity index is 137. The van der Waals surface area contributed by atoms with Crippen molar-refractivity contribution in [1.82, 2.24) is 0 Å². The van der Waals surface area contributed by atoms with Crippen LogP contribution in [0.15, 0.2) is 24.8 Å². The summed E-state index contributed by atoms with van der Waals surface area (Å²) in [7, 11) is 0. The summed E-state index contributed by atoms with van der Waals surface area (Å²) in [6, 6.07) is 0. The van der Waals surface area contributed by atoms with E-state index in [4.69, 9.17) is 10.2 Å². The standard InChI is InChI=1S/C6H8O3/c1-2-5(7)3-4-6(8)9/h2-5,7H,1H2,(H,8,9). The molecule has 2 N–H and O–H groups in total. The summed E-state index contributed by atoms with van der Waals surface area (Å²) < 4.78 is 0. The maximum absolute atomic E-state index is 9.79. The Balaban J connectivity index is 3.69. The lowest BCUT2D eigenvalue weighted by molar-refractivity contribution is -0.131. The van der Waals surface area contributed by atoms with Crippen molar-refractivity contribution in [3.8, 4) is 0 Å². The van der Waals surface area contributed by atoms with Crippen LogP contribution in [0.25, 0.3) is 0 Å². The van der Waals surface area contributed by atoms with E-state index in [1.54, 1.807) is 0 Å². The van der Waals surface area contributed by atoms with Gasteiger partial charge in [-0.3, -0.25) is 0 Å². The molecule has 9 heavy (non-hydrogen) atoms. The molecule has 50 valence electrons. The van der Waals surface area contributed by atoms with Gasteiger partial charge in [-0.25, -0.2) is 4.79 Å². The van der Waals surface area contributed by atoms with Crippen LogP contribution in [0, 0.1) is 0 Å². The first kappa shape index (κ1) is 7.91. The Kier molecular flexibility index (Phi) is 3.39. The van der Waals surface area contributed by atoms with Gasteiger partial charge in [0, 0.05) is 6.08 Å². The van der Waals surface area contributed by atoms with Crippen molar-refractivity contribution in [3.05, 3.63) is 24.8 Å². The topological polar surface area (TPSA) is 57.5 Å². The van der Waals surface area contributed by atoms with Crippen LogP contribution < -0.4 is 0 Å². The minimum Gasteiger partial charge on any atom is -0.478 e. The highest BCUT2D eigenvalue weighted by Crippen LogP contribution is 1.84. The minimum atomic E-state index is -1.07. The second-order valence-corrected chi connectivity index (χ2v) is 1.42. The third-order valence-electron chi connectivity index (χ3n) is 0.677. The molecule has 3 heteroatoms. The second-order valence-electron chi connectivity index (χ2n) is 1.42. The lowest BCUT2D eigenvalue weighted by atomic mass is 10.3. The maximum Gasteiger partial charge on any atom is 0.328 e. The molecule has 0 aliphatic heterocycles. The number of aliphatic hydroxyl groups is 1. The number of rotatable bonds is 3. The molecule has 0 aliphatic carbocycles. The average molecular weight is 128 g/mol. The highest BCUT2D eigenvalue weighted by atomic mass is 16.4. The lowest BCUT2D eigenvalue weighted by Crippen LogP contribution is -1.97. The summed E-state index contributed by atoms with van der Waals surface area (Å²) in [4.78, 5) is 9.79. The molecule has 0 aromatic carbocycles. The molecule has 0 aliphatic rings. The van der Waals surface area contributed by atoms with Gasteiger partial charge in [-0.1, -0.05) is 6.08 Å². The molecule has 0 saturated carbocycles. The first-order valence-corrected chi connectivity index (χ1v) is 2.38. The molecule has 0 fully saturated rings. The summed E-state index contributed by atoms with van der Waals surface area (Å²) >= 11 is 0. The number of carboxylic acid groups (broad SMARTS) is 1. The summed E-state index contributed by atoms with van der Waals surface area (Å²) in [5, 5.41) is 16.7. The molecule has 0 radical (unpaired) electrons. The zero-order valence-electron chi connectivity index (χ0n) is 4.82. The molecule has 0 aromatic rings. The van der Waals surface area contributed by atoms with Gasteiger partial charge in [-0.15, -0.1) is 6.58 Å². The highest BCUT2D eigenvalue weighted by molar-refractivity contribution is 5.79. The van der Waals surface area contributed by atoms with Gasteiger partial charge in [0.05, 0.1) is 6.10 Å².